The second-order valence-electron chi connectivity index (χ2n) is 7.86. The number of hydrogen-bond acceptors (Lipinski definition) is 2. The summed E-state index contributed by atoms with van der Waals surface area (Å²) in [4.78, 5) is 24.9. The molecule has 0 aliphatic heterocycles. The average Bonchev–Trinajstić information content (AvgIpc) is 2.84. The van der Waals surface area contributed by atoms with Crippen molar-refractivity contribution in [2.24, 2.45) is 0 Å². The van der Waals surface area contributed by atoms with Crippen LogP contribution >= 0.6 is 22.6 Å². The Labute approximate surface area is 209 Å². The first-order valence-electron chi connectivity index (χ1n) is 11.2. The standard InChI is InChI=1S/C27H30IN3O2/c28-18-7-19-29-26(32)17-16-25(20-21-8-3-1-4-9-21)31-27(33)30-24-14-12-23(13-15-24)22-10-5-2-6-11-22/h1-6,8-15,25H,7,16-20H2,(H,29,32)(H2,30,31,33)/t25-/m1/s1. The number of hydrogen-bond donors (Lipinski definition) is 3. The Morgan fingerprint density at radius 2 is 1.45 bits per heavy atom. The van der Waals surface area contributed by atoms with Gasteiger partial charge in [0.2, 0.25) is 5.91 Å². The van der Waals surface area contributed by atoms with Gasteiger partial charge in [-0.2, -0.15) is 0 Å². The number of rotatable bonds is 11. The predicted molar refractivity (Wildman–Crippen MR) is 144 cm³/mol. The Balaban J connectivity index is 1.57. The fourth-order valence-electron chi connectivity index (χ4n) is 3.54. The van der Waals surface area contributed by atoms with Crippen LogP contribution in [0.25, 0.3) is 11.1 Å². The van der Waals surface area contributed by atoms with Gasteiger partial charge in [-0.15, -0.1) is 0 Å². The molecule has 5 nitrogen and oxygen atoms in total. The Bertz CT molecular complexity index is 995. The molecule has 6 heteroatoms. The normalized spacial score (nSPS) is 11.4. The lowest BCUT2D eigenvalue weighted by Crippen LogP contribution is -2.40. The summed E-state index contributed by atoms with van der Waals surface area (Å²) in [6, 6.07) is 27.5. The molecule has 0 unspecified atom stereocenters. The van der Waals surface area contributed by atoms with Crippen LogP contribution in [-0.4, -0.2) is 29.0 Å². The smallest absolute Gasteiger partial charge is 0.319 e. The third kappa shape index (κ3) is 8.88. The highest BCUT2D eigenvalue weighted by Crippen LogP contribution is 2.21. The molecule has 172 valence electrons. The van der Waals surface area contributed by atoms with Crippen LogP contribution in [0.1, 0.15) is 24.8 Å². The van der Waals surface area contributed by atoms with Crippen LogP contribution in [0.2, 0.25) is 0 Å². The second kappa shape index (κ2) is 13.6. The third-order valence-corrected chi connectivity index (χ3v) is 6.03. The molecule has 0 aliphatic carbocycles. The molecule has 3 rings (SSSR count). The summed E-state index contributed by atoms with van der Waals surface area (Å²) in [5, 5.41) is 8.91. The lowest BCUT2D eigenvalue weighted by atomic mass is 10.0. The number of halogens is 1. The molecule has 3 amide bonds. The molecule has 0 saturated carbocycles. The summed E-state index contributed by atoms with van der Waals surface area (Å²) >= 11 is 2.30. The van der Waals surface area contributed by atoms with Gasteiger partial charge in [0.25, 0.3) is 0 Å². The van der Waals surface area contributed by atoms with Gasteiger partial charge in [0.1, 0.15) is 0 Å². The fourth-order valence-corrected chi connectivity index (χ4v) is 3.92. The lowest BCUT2D eigenvalue weighted by molar-refractivity contribution is -0.121. The van der Waals surface area contributed by atoms with E-state index in [2.05, 4.69) is 50.7 Å². The summed E-state index contributed by atoms with van der Waals surface area (Å²) in [6.07, 6.45) is 2.59. The molecule has 0 aliphatic rings. The van der Waals surface area contributed by atoms with Gasteiger partial charge in [-0.05, 0) is 48.1 Å². The molecule has 3 N–H and O–H groups in total. The average molecular weight is 555 g/mol. The molecule has 0 saturated heterocycles. The Morgan fingerprint density at radius 3 is 2.12 bits per heavy atom. The maximum Gasteiger partial charge on any atom is 0.319 e. The van der Waals surface area contributed by atoms with E-state index in [0.29, 0.717) is 25.8 Å². The fraction of sp³-hybridized carbons (Fsp3) is 0.259. The molecule has 0 bridgehead atoms. The number of nitrogens with one attached hydrogen (secondary N) is 3. The Kier molecular flexibility index (Phi) is 10.2. The highest BCUT2D eigenvalue weighted by molar-refractivity contribution is 14.1. The molecule has 0 heterocycles. The number of anilines is 1. The van der Waals surface area contributed by atoms with Crippen LogP contribution in [0.3, 0.4) is 0 Å². The molecule has 0 aromatic heterocycles. The van der Waals surface area contributed by atoms with Crippen LogP contribution in [0.15, 0.2) is 84.9 Å². The van der Waals surface area contributed by atoms with Crippen LogP contribution in [0.5, 0.6) is 0 Å². The van der Waals surface area contributed by atoms with Crippen LogP contribution in [0, 0.1) is 0 Å². The first-order valence-corrected chi connectivity index (χ1v) is 12.8. The summed E-state index contributed by atoms with van der Waals surface area (Å²) in [5.41, 5.74) is 4.08. The largest absolute Gasteiger partial charge is 0.356 e. The van der Waals surface area contributed by atoms with E-state index in [0.717, 1.165) is 33.2 Å². The van der Waals surface area contributed by atoms with Crippen molar-refractivity contribution in [1.82, 2.24) is 10.6 Å². The van der Waals surface area contributed by atoms with E-state index in [9.17, 15) is 9.59 Å². The molecule has 3 aromatic rings. The van der Waals surface area contributed by atoms with Crippen molar-refractivity contribution in [2.75, 3.05) is 16.3 Å². The number of amides is 3. The molecular formula is C27H30IN3O2. The van der Waals surface area contributed by atoms with Crippen LogP contribution in [0.4, 0.5) is 10.5 Å². The van der Waals surface area contributed by atoms with E-state index in [1.54, 1.807) is 0 Å². The minimum atomic E-state index is -0.270. The number of carbonyl (C=O) groups is 2. The minimum absolute atomic E-state index is 0.0246. The number of urea groups is 1. The van der Waals surface area contributed by atoms with Crippen molar-refractivity contribution < 1.29 is 9.59 Å². The van der Waals surface area contributed by atoms with E-state index in [-0.39, 0.29) is 18.0 Å². The summed E-state index contributed by atoms with van der Waals surface area (Å²) in [7, 11) is 0. The Hall–Kier alpha value is -2.87. The first-order chi connectivity index (χ1) is 16.1. The van der Waals surface area contributed by atoms with E-state index < -0.39 is 0 Å². The zero-order chi connectivity index (χ0) is 23.3. The summed E-state index contributed by atoms with van der Waals surface area (Å²) in [6.45, 7) is 0.692. The van der Waals surface area contributed by atoms with E-state index in [1.165, 1.54) is 0 Å². The summed E-state index contributed by atoms with van der Waals surface area (Å²) in [5.74, 6) is 0.0246. The highest BCUT2D eigenvalue weighted by atomic mass is 127. The van der Waals surface area contributed by atoms with E-state index >= 15 is 0 Å². The monoisotopic (exact) mass is 555 g/mol. The van der Waals surface area contributed by atoms with Gasteiger partial charge in [-0.25, -0.2) is 4.79 Å². The van der Waals surface area contributed by atoms with Crippen molar-refractivity contribution in [2.45, 2.75) is 31.7 Å². The number of alkyl halides is 1. The van der Waals surface area contributed by atoms with Crippen molar-refractivity contribution in [3.63, 3.8) is 0 Å². The van der Waals surface area contributed by atoms with Gasteiger partial charge in [0.15, 0.2) is 0 Å². The lowest BCUT2D eigenvalue weighted by Gasteiger charge is -2.19. The van der Waals surface area contributed by atoms with Crippen molar-refractivity contribution in [3.8, 4) is 11.1 Å². The van der Waals surface area contributed by atoms with Gasteiger partial charge in [-0.3, -0.25) is 4.79 Å². The molecule has 33 heavy (non-hydrogen) atoms. The van der Waals surface area contributed by atoms with Crippen molar-refractivity contribution in [3.05, 3.63) is 90.5 Å². The van der Waals surface area contributed by atoms with E-state index in [4.69, 9.17) is 0 Å². The van der Waals surface area contributed by atoms with Crippen LogP contribution < -0.4 is 16.0 Å². The van der Waals surface area contributed by atoms with Gasteiger partial charge in [0, 0.05) is 29.1 Å². The van der Waals surface area contributed by atoms with Gasteiger partial charge in [0.05, 0.1) is 0 Å². The predicted octanol–water partition coefficient (Wildman–Crippen LogP) is 5.81. The van der Waals surface area contributed by atoms with Crippen LogP contribution in [-0.2, 0) is 11.2 Å². The zero-order valence-electron chi connectivity index (χ0n) is 18.6. The van der Waals surface area contributed by atoms with E-state index in [1.807, 2.05) is 72.8 Å². The number of carbonyl (C=O) groups excluding carboxylic acids is 2. The molecule has 0 radical (unpaired) electrons. The first kappa shape index (κ1) is 24.8. The van der Waals surface area contributed by atoms with Gasteiger partial charge >= 0.3 is 6.03 Å². The SMILES string of the molecule is O=C(CC[C@H](Cc1ccccc1)NC(=O)Nc1ccc(-c2ccccc2)cc1)NCCCI. The zero-order valence-corrected chi connectivity index (χ0v) is 20.8. The maximum atomic E-state index is 12.7. The molecule has 0 fully saturated rings. The maximum absolute atomic E-state index is 12.7. The molecule has 0 spiro atoms. The Morgan fingerprint density at radius 1 is 0.818 bits per heavy atom. The quantitative estimate of drug-likeness (QED) is 0.159. The second-order valence-corrected chi connectivity index (χ2v) is 8.94. The number of benzene rings is 3. The summed E-state index contributed by atoms with van der Waals surface area (Å²) < 4.78 is 1.02. The topological polar surface area (TPSA) is 70.2 Å². The van der Waals surface area contributed by atoms with Crippen molar-refractivity contribution >= 4 is 40.2 Å². The molecule has 1 atom stereocenters. The molecular weight excluding hydrogens is 525 g/mol. The molecule has 3 aromatic carbocycles. The minimum Gasteiger partial charge on any atom is -0.356 e. The van der Waals surface area contributed by atoms with Gasteiger partial charge < -0.3 is 16.0 Å². The van der Waals surface area contributed by atoms with Crippen molar-refractivity contribution in [1.29, 1.82) is 0 Å². The highest BCUT2D eigenvalue weighted by Gasteiger charge is 2.15. The van der Waals surface area contributed by atoms with Gasteiger partial charge in [-0.1, -0.05) is 95.4 Å². The third-order valence-electron chi connectivity index (χ3n) is 5.26.